The molecule has 234 valence electrons. The fourth-order valence-electron chi connectivity index (χ4n) is 8.65. The predicted molar refractivity (Wildman–Crippen MR) is 200 cm³/mol. The van der Waals surface area contributed by atoms with Crippen molar-refractivity contribution in [1.82, 2.24) is 4.57 Å². The number of para-hydroxylation sites is 3. The van der Waals surface area contributed by atoms with E-state index in [-0.39, 0.29) is 6.71 Å². The lowest BCUT2D eigenvalue weighted by atomic mass is 9.34. The van der Waals surface area contributed by atoms with Gasteiger partial charge >= 0.3 is 0 Å². The first-order chi connectivity index (χ1) is 24.8. The normalized spacial score (nSPS) is 13.4. The molecule has 5 nitrogen and oxygen atoms in total. The highest BCUT2D eigenvalue weighted by atomic mass is 16.5. The number of rotatable bonds is 4. The van der Waals surface area contributed by atoms with Crippen LogP contribution in [0.4, 0.5) is 0 Å². The lowest BCUT2D eigenvalue weighted by Gasteiger charge is -2.37. The summed E-state index contributed by atoms with van der Waals surface area (Å²) in [5.74, 6) is 5.15. The Kier molecular flexibility index (Phi) is 5.10. The van der Waals surface area contributed by atoms with Crippen molar-refractivity contribution in [2.24, 2.45) is 0 Å². The first kappa shape index (κ1) is 26.5. The van der Waals surface area contributed by atoms with Crippen LogP contribution in [0.5, 0.6) is 34.5 Å². The number of fused-ring (bicyclic) bond motifs is 6. The van der Waals surface area contributed by atoms with E-state index in [2.05, 4.69) is 89.5 Å². The zero-order chi connectivity index (χ0) is 32.5. The Bertz CT molecular complexity index is 2860. The minimum absolute atomic E-state index is 0.0350. The summed E-state index contributed by atoms with van der Waals surface area (Å²) in [5, 5.41) is 4.72. The van der Waals surface area contributed by atoms with Crippen LogP contribution >= 0.6 is 0 Å². The van der Waals surface area contributed by atoms with E-state index >= 15 is 0 Å². The van der Waals surface area contributed by atoms with Crippen molar-refractivity contribution in [1.29, 1.82) is 0 Å². The molecule has 0 saturated heterocycles. The van der Waals surface area contributed by atoms with Gasteiger partial charge in [0, 0.05) is 37.9 Å². The molecule has 50 heavy (non-hydrogen) atoms. The Labute approximate surface area is 286 Å². The van der Waals surface area contributed by atoms with Gasteiger partial charge in [-0.1, -0.05) is 66.7 Å². The van der Waals surface area contributed by atoms with E-state index in [1.807, 2.05) is 48.5 Å². The van der Waals surface area contributed by atoms with Gasteiger partial charge in [-0.2, -0.15) is 0 Å². The van der Waals surface area contributed by atoms with Gasteiger partial charge in [-0.15, -0.1) is 0 Å². The zero-order valence-electron chi connectivity index (χ0n) is 26.8. The fourth-order valence-corrected chi connectivity index (χ4v) is 8.65. The molecule has 0 amide bonds. The molecule has 6 heteroatoms. The van der Waals surface area contributed by atoms with Crippen LogP contribution in [-0.4, -0.2) is 11.3 Å². The lowest BCUT2D eigenvalue weighted by Crippen LogP contribution is -2.59. The first-order valence-corrected chi connectivity index (χ1v) is 17.2. The highest BCUT2D eigenvalue weighted by Crippen LogP contribution is 2.43. The van der Waals surface area contributed by atoms with E-state index in [4.69, 9.17) is 18.6 Å². The molecule has 0 atom stereocenters. The first-order valence-electron chi connectivity index (χ1n) is 17.2. The summed E-state index contributed by atoms with van der Waals surface area (Å²) < 4.78 is 28.3. The van der Waals surface area contributed by atoms with E-state index in [0.29, 0.717) is 0 Å². The Hall–Kier alpha value is -6.40. The summed E-state index contributed by atoms with van der Waals surface area (Å²) >= 11 is 0. The van der Waals surface area contributed by atoms with Crippen molar-refractivity contribution in [3.8, 4) is 40.2 Å². The monoisotopic (exact) mass is 643 g/mol. The van der Waals surface area contributed by atoms with Gasteiger partial charge in [0.05, 0.1) is 16.7 Å². The Balaban J connectivity index is 0.940. The highest BCUT2D eigenvalue weighted by molar-refractivity contribution is 6.99. The van der Waals surface area contributed by atoms with Gasteiger partial charge in [0.25, 0.3) is 6.71 Å². The summed E-state index contributed by atoms with van der Waals surface area (Å²) in [7, 11) is 0. The quantitative estimate of drug-likeness (QED) is 0.179. The van der Waals surface area contributed by atoms with Crippen LogP contribution in [0.1, 0.15) is 11.1 Å². The summed E-state index contributed by atoms with van der Waals surface area (Å²) in [6, 6.07) is 46.8. The smallest absolute Gasteiger partial charge is 0.270 e. The second kappa shape index (κ2) is 9.61. The molecule has 7 aromatic carbocycles. The topological polar surface area (TPSA) is 45.8 Å². The second-order valence-electron chi connectivity index (χ2n) is 13.5. The number of nitrogens with zero attached hydrogens (tertiary/aromatic N) is 1. The minimum Gasteiger partial charge on any atom is -0.458 e. The third kappa shape index (κ3) is 3.52. The van der Waals surface area contributed by atoms with Gasteiger partial charge in [0.15, 0.2) is 5.58 Å². The Morgan fingerprint density at radius 2 is 1.02 bits per heavy atom. The zero-order valence-corrected chi connectivity index (χ0v) is 26.8. The van der Waals surface area contributed by atoms with Crippen molar-refractivity contribution in [2.45, 2.75) is 12.8 Å². The largest absolute Gasteiger partial charge is 0.458 e. The molecule has 3 aliphatic heterocycles. The van der Waals surface area contributed by atoms with Crippen molar-refractivity contribution in [3.05, 3.63) is 145 Å². The molecule has 0 spiro atoms. The number of aryl methyl sites for hydroxylation is 2. The standard InChI is InChI=1S/C44H26BNO4/c1-3-11-31-27(8-1)30-22-25(20-21-32(30)46(31)33-12-5-10-29-28-9-2-4-13-34(28)50-44(29)33)18-19-26-23-39-43-40(24-26)49-38-17-7-15-36-42(38)45(43)41-35(47-36)14-6-16-37(41)48-39/h1-17,20-24H,18-19H2. The van der Waals surface area contributed by atoms with Gasteiger partial charge < -0.3 is 23.2 Å². The van der Waals surface area contributed by atoms with Crippen LogP contribution in [0.25, 0.3) is 49.4 Å². The molecule has 2 aromatic heterocycles. The number of hydrogen-bond donors (Lipinski definition) is 0. The highest BCUT2D eigenvalue weighted by Gasteiger charge is 2.46. The number of benzene rings is 7. The molecule has 5 heterocycles. The van der Waals surface area contributed by atoms with Crippen LogP contribution in [0.3, 0.4) is 0 Å². The van der Waals surface area contributed by atoms with Crippen molar-refractivity contribution in [3.63, 3.8) is 0 Å². The maximum absolute atomic E-state index is 6.57. The van der Waals surface area contributed by atoms with Crippen LogP contribution in [0, 0.1) is 0 Å². The van der Waals surface area contributed by atoms with Gasteiger partial charge in [-0.05, 0) is 90.7 Å². The van der Waals surface area contributed by atoms with Gasteiger partial charge in [-0.25, -0.2) is 0 Å². The molecule has 0 radical (unpaired) electrons. The molecule has 0 bridgehead atoms. The molecular weight excluding hydrogens is 617 g/mol. The maximum Gasteiger partial charge on any atom is 0.270 e. The van der Waals surface area contributed by atoms with E-state index in [9.17, 15) is 0 Å². The van der Waals surface area contributed by atoms with Crippen molar-refractivity contribution >= 4 is 66.8 Å². The average Bonchev–Trinajstić information content (AvgIpc) is 3.70. The van der Waals surface area contributed by atoms with Crippen molar-refractivity contribution < 1.29 is 18.6 Å². The summed E-state index contributed by atoms with van der Waals surface area (Å²) in [6.45, 7) is 0.0350. The molecule has 0 aliphatic carbocycles. The second-order valence-corrected chi connectivity index (χ2v) is 13.5. The molecule has 0 fully saturated rings. The molecule has 3 aliphatic rings. The fraction of sp³-hybridized carbons (Fsp3) is 0.0455. The number of aromatic nitrogens is 1. The number of furan rings is 1. The minimum atomic E-state index is 0.0350. The molecular formula is C44H26BNO4. The number of hydrogen-bond acceptors (Lipinski definition) is 4. The van der Waals surface area contributed by atoms with E-state index in [1.54, 1.807) is 0 Å². The van der Waals surface area contributed by atoms with Gasteiger partial charge in [-0.3, -0.25) is 0 Å². The molecule has 9 aromatic rings. The molecule has 0 saturated carbocycles. The summed E-state index contributed by atoms with van der Waals surface area (Å²) in [5.41, 5.74) is 10.9. The SMILES string of the molecule is c1cc2c3c(c1)Oc1cc(CCc4ccc5c(c4)c4ccccc4n5-c4cccc5c4oc4ccccc45)cc4c1B3c1c(cccc1O4)O2. The van der Waals surface area contributed by atoms with Crippen LogP contribution < -0.4 is 30.6 Å². The third-order valence-corrected chi connectivity index (χ3v) is 10.8. The van der Waals surface area contributed by atoms with Crippen molar-refractivity contribution in [2.75, 3.05) is 0 Å². The number of ether oxygens (including phenoxy) is 3. The Morgan fingerprint density at radius 3 is 1.78 bits per heavy atom. The van der Waals surface area contributed by atoms with E-state index < -0.39 is 0 Å². The van der Waals surface area contributed by atoms with E-state index in [1.165, 1.54) is 21.9 Å². The van der Waals surface area contributed by atoms with E-state index in [0.717, 1.165) is 102 Å². The summed E-state index contributed by atoms with van der Waals surface area (Å²) in [4.78, 5) is 0. The van der Waals surface area contributed by atoms with Crippen LogP contribution in [0.2, 0.25) is 0 Å². The molecule has 12 rings (SSSR count). The molecule has 0 unspecified atom stereocenters. The third-order valence-electron chi connectivity index (χ3n) is 10.8. The summed E-state index contributed by atoms with van der Waals surface area (Å²) in [6.07, 6.45) is 1.73. The van der Waals surface area contributed by atoms with Gasteiger partial charge in [0.2, 0.25) is 0 Å². The van der Waals surface area contributed by atoms with Gasteiger partial charge in [0.1, 0.15) is 40.1 Å². The van der Waals surface area contributed by atoms with Crippen LogP contribution in [-0.2, 0) is 12.8 Å². The maximum atomic E-state index is 6.57. The average molecular weight is 644 g/mol. The predicted octanol–water partition coefficient (Wildman–Crippen LogP) is 9.30. The molecule has 0 N–H and O–H groups in total. The Morgan fingerprint density at radius 1 is 0.440 bits per heavy atom. The van der Waals surface area contributed by atoms with Crippen LogP contribution in [0.15, 0.2) is 138 Å². The lowest BCUT2D eigenvalue weighted by molar-refractivity contribution is 0.442.